The lowest BCUT2D eigenvalue weighted by molar-refractivity contribution is -0.123. The Bertz CT molecular complexity index is 867. The van der Waals surface area contributed by atoms with Gasteiger partial charge in [0.25, 0.3) is 0 Å². The molecule has 2 saturated heterocycles. The number of aromatic nitrogens is 2. The maximum atomic E-state index is 12.5. The molecule has 8 heteroatoms. The molecule has 0 spiro atoms. The van der Waals surface area contributed by atoms with Crippen molar-refractivity contribution >= 4 is 29.1 Å². The van der Waals surface area contributed by atoms with Crippen molar-refractivity contribution < 1.29 is 14.3 Å². The Labute approximate surface area is 181 Å². The molecule has 0 saturated carbocycles. The van der Waals surface area contributed by atoms with Crippen molar-refractivity contribution in [1.82, 2.24) is 9.97 Å². The molecule has 160 valence electrons. The van der Waals surface area contributed by atoms with Gasteiger partial charge >= 0.3 is 0 Å². The molecule has 0 bridgehead atoms. The number of hydrogen-bond acceptors (Lipinski definition) is 6. The van der Waals surface area contributed by atoms with E-state index < -0.39 is 0 Å². The van der Waals surface area contributed by atoms with Gasteiger partial charge in [0, 0.05) is 38.1 Å². The number of rotatable bonds is 6. The molecule has 0 radical (unpaired) electrons. The minimum absolute atomic E-state index is 0.0738. The largest absolute Gasteiger partial charge is 0.381 e. The SMILES string of the molecule is O=C(Nc1cc(-c2cccc(NCC3CCOCC3)n2)c(Cl)cn1)C1CCCOC1. The molecule has 4 heterocycles. The van der Waals surface area contributed by atoms with Crippen LogP contribution < -0.4 is 10.6 Å². The van der Waals surface area contributed by atoms with Gasteiger partial charge in [-0.2, -0.15) is 0 Å². The summed E-state index contributed by atoms with van der Waals surface area (Å²) in [6.45, 7) is 3.70. The fourth-order valence-corrected chi connectivity index (χ4v) is 3.96. The minimum atomic E-state index is -0.143. The summed E-state index contributed by atoms with van der Waals surface area (Å²) < 4.78 is 10.8. The topological polar surface area (TPSA) is 85.4 Å². The van der Waals surface area contributed by atoms with Gasteiger partial charge in [-0.3, -0.25) is 4.79 Å². The van der Waals surface area contributed by atoms with Crippen LogP contribution >= 0.6 is 11.6 Å². The Morgan fingerprint density at radius 2 is 2.00 bits per heavy atom. The van der Waals surface area contributed by atoms with Crippen LogP contribution in [0, 0.1) is 11.8 Å². The van der Waals surface area contributed by atoms with Crippen molar-refractivity contribution in [2.45, 2.75) is 25.7 Å². The zero-order valence-electron chi connectivity index (χ0n) is 16.9. The van der Waals surface area contributed by atoms with Gasteiger partial charge < -0.3 is 20.1 Å². The van der Waals surface area contributed by atoms with Gasteiger partial charge in [-0.25, -0.2) is 9.97 Å². The lowest BCUT2D eigenvalue weighted by atomic mass is 10.0. The Morgan fingerprint density at radius 1 is 1.13 bits per heavy atom. The van der Waals surface area contributed by atoms with Gasteiger partial charge in [-0.1, -0.05) is 17.7 Å². The van der Waals surface area contributed by atoms with Crippen molar-refractivity contribution in [1.29, 1.82) is 0 Å². The van der Waals surface area contributed by atoms with Crippen LogP contribution in [0.15, 0.2) is 30.5 Å². The molecule has 0 aromatic carbocycles. The first-order valence-corrected chi connectivity index (χ1v) is 10.9. The molecule has 4 rings (SSSR count). The van der Waals surface area contributed by atoms with Crippen LogP contribution in [-0.2, 0) is 14.3 Å². The predicted octanol–water partition coefficient (Wildman–Crippen LogP) is 4.00. The minimum Gasteiger partial charge on any atom is -0.381 e. The molecule has 2 N–H and O–H groups in total. The van der Waals surface area contributed by atoms with E-state index in [1.807, 2.05) is 18.2 Å². The average molecular weight is 431 g/mol. The van der Waals surface area contributed by atoms with Crippen molar-refractivity contribution in [2.75, 3.05) is 43.6 Å². The summed E-state index contributed by atoms with van der Waals surface area (Å²) in [6.07, 6.45) is 5.41. The molecule has 2 aromatic rings. The third kappa shape index (κ3) is 5.47. The maximum absolute atomic E-state index is 12.5. The van der Waals surface area contributed by atoms with E-state index in [0.29, 0.717) is 23.4 Å². The van der Waals surface area contributed by atoms with Crippen molar-refractivity contribution in [2.24, 2.45) is 11.8 Å². The zero-order valence-corrected chi connectivity index (χ0v) is 17.7. The summed E-state index contributed by atoms with van der Waals surface area (Å²) in [6, 6.07) is 7.57. The Morgan fingerprint density at radius 3 is 2.80 bits per heavy atom. The van der Waals surface area contributed by atoms with Gasteiger partial charge in [0.15, 0.2) is 0 Å². The van der Waals surface area contributed by atoms with Crippen LogP contribution in [0.25, 0.3) is 11.3 Å². The van der Waals surface area contributed by atoms with E-state index in [1.54, 1.807) is 12.3 Å². The zero-order chi connectivity index (χ0) is 20.8. The van der Waals surface area contributed by atoms with E-state index in [-0.39, 0.29) is 11.8 Å². The van der Waals surface area contributed by atoms with Crippen LogP contribution in [0.5, 0.6) is 0 Å². The molecule has 2 aliphatic heterocycles. The number of pyridine rings is 2. The lowest BCUT2D eigenvalue weighted by Crippen LogP contribution is -2.30. The third-order valence-corrected chi connectivity index (χ3v) is 5.88. The number of ether oxygens (including phenoxy) is 2. The van der Waals surface area contributed by atoms with E-state index in [2.05, 4.69) is 15.6 Å². The monoisotopic (exact) mass is 430 g/mol. The highest BCUT2D eigenvalue weighted by molar-refractivity contribution is 6.33. The number of nitrogens with one attached hydrogen (secondary N) is 2. The number of anilines is 2. The Hall–Kier alpha value is -2.22. The van der Waals surface area contributed by atoms with Gasteiger partial charge in [0.05, 0.1) is 23.2 Å². The molecule has 30 heavy (non-hydrogen) atoms. The first-order chi connectivity index (χ1) is 14.7. The first kappa shape index (κ1) is 21.0. The molecule has 2 aliphatic rings. The smallest absolute Gasteiger partial charge is 0.230 e. The molecule has 1 atom stereocenters. The quantitative estimate of drug-likeness (QED) is 0.720. The highest BCUT2D eigenvalue weighted by atomic mass is 35.5. The fourth-order valence-electron chi connectivity index (χ4n) is 3.76. The standard InChI is InChI=1S/C22H27ClN4O3/c23-18-13-25-21(27-22(28)16-3-2-8-30-14-16)11-17(18)19-4-1-5-20(26-19)24-12-15-6-9-29-10-7-15/h1,4-5,11,13,15-16H,2-3,6-10,12,14H2,(H,24,26)(H,25,27,28). The van der Waals surface area contributed by atoms with E-state index in [9.17, 15) is 4.79 Å². The number of halogens is 1. The van der Waals surface area contributed by atoms with E-state index in [0.717, 1.165) is 69.1 Å². The fraction of sp³-hybridized carbons (Fsp3) is 0.500. The molecular formula is C22H27ClN4O3. The molecule has 7 nitrogen and oxygen atoms in total. The highest BCUT2D eigenvalue weighted by Crippen LogP contribution is 2.29. The summed E-state index contributed by atoms with van der Waals surface area (Å²) in [5.41, 5.74) is 1.47. The summed E-state index contributed by atoms with van der Waals surface area (Å²) >= 11 is 6.40. The van der Waals surface area contributed by atoms with Crippen LogP contribution in [0.2, 0.25) is 5.02 Å². The lowest BCUT2D eigenvalue weighted by Gasteiger charge is -2.22. The van der Waals surface area contributed by atoms with Crippen LogP contribution in [0.1, 0.15) is 25.7 Å². The van der Waals surface area contributed by atoms with E-state index in [1.165, 1.54) is 0 Å². The van der Waals surface area contributed by atoms with Gasteiger partial charge in [0.2, 0.25) is 5.91 Å². The number of carbonyl (C=O) groups is 1. The summed E-state index contributed by atoms with van der Waals surface area (Å²) in [5.74, 6) is 1.65. The van der Waals surface area contributed by atoms with Gasteiger partial charge in [-0.05, 0) is 49.8 Å². The van der Waals surface area contributed by atoms with Crippen molar-refractivity contribution in [3.05, 3.63) is 35.5 Å². The van der Waals surface area contributed by atoms with Crippen LogP contribution in [0.4, 0.5) is 11.6 Å². The molecule has 2 aromatic heterocycles. The molecule has 1 unspecified atom stereocenters. The molecule has 0 aliphatic carbocycles. The maximum Gasteiger partial charge on any atom is 0.230 e. The molecular weight excluding hydrogens is 404 g/mol. The molecule has 2 fully saturated rings. The molecule has 1 amide bonds. The predicted molar refractivity (Wildman–Crippen MR) is 117 cm³/mol. The average Bonchev–Trinajstić information content (AvgIpc) is 2.80. The number of carbonyl (C=O) groups excluding carboxylic acids is 1. The van der Waals surface area contributed by atoms with Crippen LogP contribution in [0.3, 0.4) is 0 Å². The highest BCUT2D eigenvalue weighted by Gasteiger charge is 2.22. The summed E-state index contributed by atoms with van der Waals surface area (Å²) in [5, 5.41) is 6.80. The van der Waals surface area contributed by atoms with Crippen LogP contribution in [-0.4, -0.2) is 48.8 Å². The normalized spacial score (nSPS) is 20.0. The van der Waals surface area contributed by atoms with Gasteiger partial charge in [0.1, 0.15) is 11.6 Å². The number of nitrogens with zero attached hydrogens (tertiary/aromatic N) is 2. The summed E-state index contributed by atoms with van der Waals surface area (Å²) in [4.78, 5) is 21.5. The third-order valence-electron chi connectivity index (χ3n) is 5.58. The van der Waals surface area contributed by atoms with Crippen molar-refractivity contribution in [3.63, 3.8) is 0 Å². The van der Waals surface area contributed by atoms with E-state index >= 15 is 0 Å². The second-order valence-electron chi connectivity index (χ2n) is 7.80. The number of amides is 1. The summed E-state index contributed by atoms with van der Waals surface area (Å²) in [7, 11) is 0. The Kier molecular flexibility index (Phi) is 7.15. The number of hydrogen-bond donors (Lipinski definition) is 2. The van der Waals surface area contributed by atoms with Crippen molar-refractivity contribution in [3.8, 4) is 11.3 Å². The first-order valence-electron chi connectivity index (χ1n) is 10.5. The van der Waals surface area contributed by atoms with E-state index in [4.69, 9.17) is 26.1 Å². The second-order valence-corrected chi connectivity index (χ2v) is 8.20. The second kappa shape index (κ2) is 10.2. The van der Waals surface area contributed by atoms with Gasteiger partial charge in [-0.15, -0.1) is 0 Å². The Balaban J connectivity index is 1.45.